The molecule has 0 heterocycles. The van der Waals surface area contributed by atoms with Crippen LogP contribution in [-0.2, 0) is 4.79 Å². The number of rotatable bonds is 6. The Balaban J connectivity index is 1.49. The van der Waals surface area contributed by atoms with Crippen molar-refractivity contribution in [2.45, 2.75) is 18.4 Å². The molecule has 0 aliphatic heterocycles. The van der Waals surface area contributed by atoms with Gasteiger partial charge in [0, 0.05) is 18.0 Å². The van der Waals surface area contributed by atoms with Gasteiger partial charge in [0.15, 0.2) is 6.61 Å². The number of non-ortho nitro benzene ring substituents is 1. The monoisotopic (exact) mass is 330 g/mol. The number of hydrogen-bond donors (Lipinski definition) is 1. The number of carbonyl (C=O) groups is 1. The van der Waals surface area contributed by atoms with Crippen LogP contribution in [0.3, 0.4) is 0 Å². The van der Waals surface area contributed by atoms with Crippen LogP contribution in [-0.4, -0.2) is 23.5 Å². The largest absolute Gasteiger partial charge is 0.484 e. The molecule has 2 atom stereocenters. The molecule has 124 valence electrons. The van der Waals surface area contributed by atoms with Crippen molar-refractivity contribution in [3.05, 3.63) is 70.0 Å². The summed E-state index contributed by atoms with van der Waals surface area (Å²) in [7, 11) is 0. The van der Waals surface area contributed by atoms with Gasteiger partial charge in [-0.2, -0.15) is 0 Å². The Kier molecular flexibility index (Phi) is 4.41. The van der Waals surface area contributed by atoms with E-state index in [1.54, 1.807) is 12.1 Å². The number of carbonyl (C=O) groups excluding carboxylic acids is 1. The van der Waals surface area contributed by atoms with Gasteiger partial charge in [-0.3, -0.25) is 14.9 Å². The molecule has 1 amide bonds. The van der Waals surface area contributed by atoms with E-state index in [2.05, 4.69) is 5.32 Å². The molecule has 0 spiro atoms. The Hall–Kier alpha value is -2.96. The minimum absolute atomic E-state index is 0.0343. The molecule has 0 unspecified atom stereocenters. The van der Waals surface area contributed by atoms with Gasteiger partial charge in [0.1, 0.15) is 11.6 Å². The second-order valence-electron chi connectivity index (χ2n) is 5.61. The van der Waals surface area contributed by atoms with Crippen molar-refractivity contribution in [3.8, 4) is 5.75 Å². The van der Waals surface area contributed by atoms with Crippen molar-refractivity contribution < 1.29 is 18.8 Å². The van der Waals surface area contributed by atoms with E-state index in [0.29, 0.717) is 0 Å². The fraction of sp³-hybridized carbons (Fsp3) is 0.235. The first kappa shape index (κ1) is 15.9. The molecule has 0 saturated heterocycles. The van der Waals surface area contributed by atoms with Crippen molar-refractivity contribution in [1.29, 1.82) is 0 Å². The van der Waals surface area contributed by atoms with E-state index < -0.39 is 4.92 Å². The van der Waals surface area contributed by atoms with Crippen LogP contribution in [0.5, 0.6) is 5.75 Å². The lowest BCUT2D eigenvalue weighted by molar-refractivity contribution is -0.384. The SMILES string of the molecule is O=C(COc1cccc([N+](=O)[O-])c1)N[C@H]1C[C@@H]1c1cccc(F)c1. The number of nitro benzene ring substituents is 1. The summed E-state index contributed by atoms with van der Waals surface area (Å²) in [6, 6.07) is 11.9. The molecule has 1 fully saturated rings. The minimum Gasteiger partial charge on any atom is -0.484 e. The average Bonchev–Trinajstić information content (AvgIpc) is 3.32. The van der Waals surface area contributed by atoms with Crippen molar-refractivity contribution in [1.82, 2.24) is 5.32 Å². The lowest BCUT2D eigenvalue weighted by Crippen LogP contribution is -2.31. The van der Waals surface area contributed by atoms with Crippen LogP contribution >= 0.6 is 0 Å². The highest BCUT2D eigenvalue weighted by atomic mass is 19.1. The molecule has 1 saturated carbocycles. The normalized spacial score (nSPS) is 18.7. The maximum atomic E-state index is 13.2. The summed E-state index contributed by atoms with van der Waals surface area (Å²) in [6.07, 6.45) is 0.756. The number of nitrogens with one attached hydrogen (secondary N) is 1. The zero-order chi connectivity index (χ0) is 17.1. The van der Waals surface area contributed by atoms with Crippen LogP contribution in [0.1, 0.15) is 17.9 Å². The van der Waals surface area contributed by atoms with Gasteiger partial charge < -0.3 is 10.1 Å². The molecule has 1 aliphatic carbocycles. The van der Waals surface area contributed by atoms with E-state index in [0.717, 1.165) is 12.0 Å². The summed E-state index contributed by atoms with van der Waals surface area (Å²) in [6.45, 7) is -0.229. The number of ether oxygens (including phenoxy) is 1. The first-order valence-electron chi connectivity index (χ1n) is 7.45. The van der Waals surface area contributed by atoms with Gasteiger partial charge in [0.2, 0.25) is 0 Å². The number of halogens is 1. The molecule has 1 aliphatic rings. The van der Waals surface area contributed by atoms with Crippen LogP contribution in [0, 0.1) is 15.9 Å². The van der Waals surface area contributed by atoms with E-state index in [9.17, 15) is 19.3 Å². The zero-order valence-corrected chi connectivity index (χ0v) is 12.6. The lowest BCUT2D eigenvalue weighted by Gasteiger charge is -2.07. The molecule has 0 aromatic heterocycles. The summed E-state index contributed by atoms with van der Waals surface area (Å²) in [5, 5.41) is 13.5. The van der Waals surface area contributed by atoms with Gasteiger partial charge in [-0.1, -0.05) is 18.2 Å². The summed E-state index contributed by atoms with van der Waals surface area (Å²) in [5.41, 5.74) is 0.765. The fourth-order valence-electron chi connectivity index (χ4n) is 2.54. The van der Waals surface area contributed by atoms with Gasteiger partial charge in [0.05, 0.1) is 11.0 Å². The lowest BCUT2D eigenvalue weighted by atomic mass is 10.1. The van der Waals surface area contributed by atoms with Crippen LogP contribution < -0.4 is 10.1 Å². The Labute approximate surface area is 137 Å². The predicted molar refractivity (Wildman–Crippen MR) is 84.3 cm³/mol. The van der Waals surface area contributed by atoms with Gasteiger partial charge in [-0.15, -0.1) is 0 Å². The Bertz CT molecular complexity index is 781. The Morgan fingerprint density at radius 2 is 2.08 bits per heavy atom. The van der Waals surface area contributed by atoms with Gasteiger partial charge in [-0.25, -0.2) is 4.39 Å². The second-order valence-corrected chi connectivity index (χ2v) is 5.61. The van der Waals surface area contributed by atoms with E-state index >= 15 is 0 Å². The standard InChI is InChI=1S/C17H15FN2O4/c18-12-4-1-3-11(7-12)15-9-16(15)19-17(21)10-24-14-6-2-5-13(8-14)20(22)23/h1-8,15-16H,9-10H2,(H,19,21)/t15-,16+/m1/s1. The maximum absolute atomic E-state index is 13.2. The van der Waals surface area contributed by atoms with E-state index in [4.69, 9.17) is 4.74 Å². The van der Waals surface area contributed by atoms with Crippen LogP contribution in [0.25, 0.3) is 0 Å². The summed E-state index contributed by atoms with van der Waals surface area (Å²) < 4.78 is 18.5. The maximum Gasteiger partial charge on any atom is 0.273 e. The summed E-state index contributed by atoms with van der Waals surface area (Å²) in [5.74, 6) is -0.233. The quantitative estimate of drug-likeness (QED) is 0.652. The number of nitrogens with zero attached hydrogens (tertiary/aromatic N) is 1. The molecule has 1 N–H and O–H groups in total. The Morgan fingerprint density at radius 3 is 2.83 bits per heavy atom. The highest BCUT2D eigenvalue weighted by molar-refractivity contribution is 5.78. The molecule has 24 heavy (non-hydrogen) atoms. The third-order valence-corrected chi connectivity index (χ3v) is 3.81. The van der Waals surface area contributed by atoms with E-state index in [1.165, 1.54) is 30.3 Å². The molecule has 0 bridgehead atoms. The predicted octanol–water partition coefficient (Wildman–Crippen LogP) is 2.79. The third-order valence-electron chi connectivity index (χ3n) is 3.81. The molecule has 7 heteroatoms. The summed E-state index contributed by atoms with van der Waals surface area (Å²) >= 11 is 0. The number of benzene rings is 2. The third kappa shape index (κ3) is 3.87. The minimum atomic E-state index is -0.527. The van der Waals surface area contributed by atoms with Crippen molar-refractivity contribution in [2.75, 3.05) is 6.61 Å². The van der Waals surface area contributed by atoms with Gasteiger partial charge >= 0.3 is 0 Å². The number of amides is 1. The molecule has 2 aromatic rings. The van der Waals surface area contributed by atoms with E-state index in [-0.39, 0.29) is 41.7 Å². The zero-order valence-electron chi connectivity index (χ0n) is 12.6. The van der Waals surface area contributed by atoms with Crippen LogP contribution in [0.15, 0.2) is 48.5 Å². The first-order chi connectivity index (χ1) is 11.5. The van der Waals surface area contributed by atoms with Gasteiger partial charge in [0.25, 0.3) is 11.6 Å². The molecule has 2 aromatic carbocycles. The number of nitro groups is 1. The average molecular weight is 330 g/mol. The van der Waals surface area contributed by atoms with Crippen LogP contribution in [0.2, 0.25) is 0 Å². The molecule has 3 rings (SSSR count). The van der Waals surface area contributed by atoms with E-state index in [1.807, 2.05) is 6.07 Å². The topological polar surface area (TPSA) is 81.5 Å². The smallest absolute Gasteiger partial charge is 0.273 e. The number of hydrogen-bond acceptors (Lipinski definition) is 4. The van der Waals surface area contributed by atoms with Crippen molar-refractivity contribution in [3.63, 3.8) is 0 Å². The second kappa shape index (κ2) is 6.66. The van der Waals surface area contributed by atoms with Gasteiger partial charge in [-0.05, 0) is 30.2 Å². The Morgan fingerprint density at radius 1 is 1.29 bits per heavy atom. The molecular formula is C17H15FN2O4. The van der Waals surface area contributed by atoms with Crippen molar-refractivity contribution in [2.24, 2.45) is 0 Å². The first-order valence-corrected chi connectivity index (χ1v) is 7.45. The molecule has 0 radical (unpaired) electrons. The van der Waals surface area contributed by atoms with Crippen molar-refractivity contribution >= 4 is 11.6 Å². The molecule has 6 nitrogen and oxygen atoms in total. The molecular weight excluding hydrogens is 315 g/mol. The highest BCUT2D eigenvalue weighted by Crippen LogP contribution is 2.40. The van der Waals surface area contributed by atoms with Crippen LogP contribution in [0.4, 0.5) is 10.1 Å². The highest BCUT2D eigenvalue weighted by Gasteiger charge is 2.39. The summed E-state index contributed by atoms with van der Waals surface area (Å²) in [4.78, 5) is 22.0. The fourth-order valence-corrected chi connectivity index (χ4v) is 2.54.